The zero-order valence-corrected chi connectivity index (χ0v) is 10.1. The number of hydrogen-bond acceptors (Lipinski definition) is 3. The van der Waals surface area contributed by atoms with Crippen LogP contribution in [0.4, 0.5) is 5.82 Å². The molecule has 3 heteroatoms. The molecule has 0 bridgehead atoms. The van der Waals surface area contributed by atoms with E-state index in [1.807, 2.05) is 6.20 Å². The van der Waals surface area contributed by atoms with Gasteiger partial charge in [-0.2, -0.15) is 0 Å². The van der Waals surface area contributed by atoms with E-state index in [-0.39, 0.29) is 0 Å². The molecule has 1 aromatic heterocycles. The summed E-state index contributed by atoms with van der Waals surface area (Å²) in [7, 11) is 0. The fourth-order valence-corrected chi connectivity index (χ4v) is 2.48. The summed E-state index contributed by atoms with van der Waals surface area (Å²) in [5.41, 5.74) is 0. The highest BCUT2D eigenvalue weighted by molar-refractivity contribution is 5.92. The van der Waals surface area contributed by atoms with Gasteiger partial charge in [0.25, 0.3) is 0 Å². The highest BCUT2D eigenvalue weighted by Crippen LogP contribution is 2.24. The van der Waals surface area contributed by atoms with Gasteiger partial charge in [0.1, 0.15) is 5.82 Å². The highest BCUT2D eigenvalue weighted by Gasteiger charge is 2.18. The Kier molecular flexibility index (Phi) is 2.69. The summed E-state index contributed by atoms with van der Waals surface area (Å²) in [6, 6.07) is 11.1. The minimum absolute atomic E-state index is 0.532. The minimum Gasteiger partial charge on any atom is -0.353 e. The van der Waals surface area contributed by atoms with Crippen molar-refractivity contribution in [2.75, 3.05) is 24.5 Å². The van der Waals surface area contributed by atoms with Crippen LogP contribution in [0.25, 0.3) is 10.8 Å². The number of pyridine rings is 1. The first-order chi connectivity index (χ1) is 8.34. The van der Waals surface area contributed by atoms with Crippen molar-refractivity contribution in [2.45, 2.75) is 13.0 Å². The van der Waals surface area contributed by atoms with Gasteiger partial charge in [-0.3, -0.25) is 0 Å². The first-order valence-corrected chi connectivity index (χ1v) is 6.17. The maximum Gasteiger partial charge on any atom is 0.136 e. The molecule has 2 heterocycles. The molecule has 0 aliphatic carbocycles. The van der Waals surface area contributed by atoms with Crippen LogP contribution >= 0.6 is 0 Å². The van der Waals surface area contributed by atoms with Crippen molar-refractivity contribution < 1.29 is 0 Å². The quantitative estimate of drug-likeness (QED) is 0.808. The zero-order valence-electron chi connectivity index (χ0n) is 10.1. The van der Waals surface area contributed by atoms with Crippen molar-refractivity contribution in [3.05, 3.63) is 36.5 Å². The summed E-state index contributed by atoms with van der Waals surface area (Å²) >= 11 is 0. The topological polar surface area (TPSA) is 28.2 Å². The van der Waals surface area contributed by atoms with E-state index in [1.54, 1.807) is 0 Å². The lowest BCUT2D eigenvalue weighted by Crippen LogP contribution is -2.49. The summed E-state index contributed by atoms with van der Waals surface area (Å²) < 4.78 is 0. The Morgan fingerprint density at radius 1 is 1.29 bits per heavy atom. The summed E-state index contributed by atoms with van der Waals surface area (Å²) in [4.78, 5) is 6.94. The van der Waals surface area contributed by atoms with Gasteiger partial charge in [0.2, 0.25) is 0 Å². The highest BCUT2D eigenvalue weighted by atomic mass is 15.2. The number of nitrogens with one attached hydrogen (secondary N) is 1. The lowest BCUT2D eigenvalue weighted by Gasteiger charge is -2.33. The average molecular weight is 227 g/mol. The van der Waals surface area contributed by atoms with Gasteiger partial charge in [-0.1, -0.05) is 24.3 Å². The van der Waals surface area contributed by atoms with Gasteiger partial charge in [0.05, 0.1) is 0 Å². The van der Waals surface area contributed by atoms with Crippen LogP contribution in [-0.2, 0) is 0 Å². The molecule has 2 aromatic rings. The van der Waals surface area contributed by atoms with Crippen LogP contribution in [0.5, 0.6) is 0 Å². The van der Waals surface area contributed by atoms with Crippen LogP contribution in [-0.4, -0.2) is 30.7 Å². The second-order valence-corrected chi connectivity index (χ2v) is 4.66. The third kappa shape index (κ3) is 1.98. The van der Waals surface area contributed by atoms with E-state index in [9.17, 15) is 0 Å². The Labute approximate surface area is 101 Å². The van der Waals surface area contributed by atoms with E-state index in [0.717, 1.165) is 25.5 Å². The monoisotopic (exact) mass is 227 g/mol. The van der Waals surface area contributed by atoms with Crippen LogP contribution < -0.4 is 10.2 Å². The predicted molar refractivity (Wildman–Crippen MR) is 71.4 cm³/mol. The van der Waals surface area contributed by atoms with Gasteiger partial charge in [0, 0.05) is 37.3 Å². The molecule has 3 nitrogen and oxygen atoms in total. The molecule has 0 saturated carbocycles. The molecule has 1 aromatic carbocycles. The first kappa shape index (κ1) is 10.5. The zero-order chi connectivity index (χ0) is 11.7. The fourth-order valence-electron chi connectivity index (χ4n) is 2.48. The Hall–Kier alpha value is -1.61. The van der Waals surface area contributed by atoms with Crippen LogP contribution in [0.15, 0.2) is 36.5 Å². The lowest BCUT2D eigenvalue weighted by atomic mass is 10.1. The average Bonchev–Trinajstić information content (AvgIpc) is 2.38. The van der Waals surface area contributed by atoms with Gasteiger partial charge in [0.15, 0.2) is 0 Å². The molecule has 1 N–H and O–H groups in total. The Morgan fingerprint density at radius 3 is 3.06 bits per heavy atom. The molecule has 1 aliphatic heterocycles. The Morgan fingerprint density at radius 2 is 2.18 bits per heavy atom. The second-order valence-electron chi connectivity index (χ2n) is 4.66. The van der Waals surface area contributed by atoms with Gasteiger partial charge in [-0.05, 0) is 18.4 Å². The molecule has 17 heavy (non-hydrogen) atoms. The Bertz CT molecular complexity index is 518. The molecule has 1 fully saturated rings. The summed E-state index contributed by atoms with van der Waals surface area (Å²) in [6.45, 7) is 5.32. The van der Waals surface area contributed by atoms with E-state index in [1.165, 1.54) is 10.8 Å². The molecule has 1 saturated heterocycles. The molecule has 1 atom stereocenters. The molecule has 1 aliphatic rings. The number of rotatable bonds is 1. The van der Waals surface area contributed by atoms with Crippen LogP contribution in [0, 0.1) is 0 Å². The van der Waals surface area contributed by atoms with Crippen molar-refractivity contribution in [2.24, 2.45) is 0 Å². The minimum atomic E-state index is 0.532. The van der Waals surface area contributed by atoms with E-state index in [0.29, 0.717) is 6.04 Å². The number of aromatic nitrogens is 1. The number of nitrogens with zero attached hydrogens (tertiary/aromatic N) is 2. The molecule has 3 rings (SSSR count). The number of hydrogen-bond donors (Lipinski definition) is 1. The third-order valence-corrected chi connectivity index (χ3v) is 3.32. The third-order valence-electron chi connectivity index (χ3n) is 3.32. The van der Waals surface area contributed by atoms with Gasteiger partial charge in [-0.25, -0.2) is 4.98 Å². The van der Waals surface area contributed by atoms with Gasteiger partial charge >= 0.3 is 0 Å². The first-order valence-electron chi connectivity index (χ1n) is 6.17. The Balaban J connectivity index is 2.04. The van der Waals surface area contributed by atoms with Crippen molar-refractivity contribution in [3.63, 3.8) is 0 Å². The largest absolute Gasteiger partial charge is 0.353 e. The molecular weight excluding hydrogens is 210 g/mol. The smallest absolute Gasteiger partial charge is 0.136 e. The number of anilines is 1. The molecule has 0 spiro atoms. The lowest BCUT2D eigenvalue weighted by molar-refractivity contribution is 0.483. The van der Waals surface area contributed by atoms with Crippen LogP contribution in [0.1, 0.15) is 6.92 Å². The SMILES string of the molecule is C[C@H]1CN(c2nccc3ccccc23)CCN1. The van der Waals surface area contributed by atoms with E-state index >= 15 is 0 Å². The second kappa shape index (κ2) is 4.34. The normalized spacial score (nSPS) is 20.8. The number of benzene rings is 1. The summed E-state index contributed by atoms with van der Waals surface area (Å²) in [5.74, 6) is 1.12. The fraction of sp³-hybridized carbons (Fsp3) is 0.357. The van der Waals surface area contributed by atoms with E-state index < -0.39 is 0 Å². The van der Waals surface area contributed by atoms with Crippen molar-refractivity contribution in [1.29, 1.82) is 0 Å². The van der Waals surface area contributed by atoms with Crippen molar-refractivity contribution in [1.82, 2.24) is 10.3 Å². The number of piperazine rings is 1. The molecule has 0 unspecified atom stereocenters. The molecule has 88 valence electrons. The number of fused-ring (bicyclic) bond motifs is 1. The van der Waals surface area contributed by atoms with Crippen molar-refractivity contribution >= 4 is 16.6 Å². The van der Waals surface area contributed by atoms with E-state index in [4.69, 9.17) is 0 Å². The van der Waals surface area contributed by atoms with E-state index in [2.05, 4.69) is 52.5 Å². The summed E-state index contributed by atoms with van der Waals surface area (Å²) in [5, 5.41) is 5.98. The molecular formula is C14H17N3. The maximum atomic E-state index is 4.56. The van der Waals surface area contributed by atoms with Crippen LogP contribution in [0.3, 0.4) is 0 Å². The standard InChI is InChI=1S/C14H17N3/c1-11-10-17(9-8-15-11)14-13-5-3-2-4-12(13)6-7-16-14/h2-7,11,15H,8-10H2,1H3/t11-/m0/s1. The van der Waals surface area contributed by atoms with Crippen LogP contribution in [0.2, 0.25) is 0 Å². The molecule has 0 radical (unpaired) electrons. The van der Waals surface area contributed by atoms with Gasteiger partial charge < -0.3 is 10.2 Å². The maximum absolute atomic E-state index is 4.56. The predicted octanol–water partition coefficient (Wildman–Crippen LogP) is 2.03. The molecule has 0 amide bonds. The van der Waals surface area contributed by atoms with Gasteiger partial charge in [-0.15, -0.1) is 0 Å². The van der Waals surface area contributed by atoms with Crippen molar-refractivity contribution in [3.8, 4) is 0 Å². The summed E-state index contributed by atoms with van der Waals surface area (Å²) in [6.07, 6.45) is 1.91.